The van der Waals surface area contributed by atoms with Crippen LogP contribution in [0.25, 0.3) is 0 Å². The summed E-state index contributed by atoms with van der Waals surface area (Å²) in [7, 11) is 0. The minimum atomic E-state index is 0.726. The van der Waals surface area contributed by atoms with E-state index in [0.717, 1.165) is 29.9 Å². The van der Waals surface area contributed by atoms with Crippen molar-refractivity contribution in [3.63, 3.8) is 0 Å². The van der Waals surface area contributed by atoms with E-state index in [1.54, 1.807) is 6.33 Å². The quantitative estimate of drug-likeness (QED) is 0.919. The number of halogens is 1. The Hall–Kier alpha value is -1.20. The second-order valence-corrected chi connectivity index (χ2v) is 4.68. The summed E-state index contributed by atoms with van der Waals surface area (Å²) in [4.78, 5) is 4.25. The summed E-state index contributed by atoms with van der Waals surface area (Å²) in [6, 6.07) is 8.23. The zero-order chi connectivity index (χ0) is 12.1. The summed E-state index contributed by atoms with van der Waals surface area (Å²) in [6.07, 6.45) is 1.77. The molecule has 0 amide bonds. The van der Waals surface area contributed by atoms with Crippen LogP contribution in [0.2, 0.25) is 0 Å². The smallest absolute Gasteiger partial charge is 0.164 e. The van der Waals surface area contributed by atoms with Crippen LogP contribution < -0.4 is 5.32 Å². The zero-order valence-corrected chi connectivity index (χ0v) is 11.3. The van der Waals surface area contributed by atoms with Crippen molar-refractivity contribution >= 4 is 15.9 Å². The fourth-order valence-electron chi connectivity index (χ4n) is 1.50. The van der Waals surface area contributed by atoms with E-state index < -0.39 is 0 Å². The molecule has 2 rings (SSSR count). The SMILES string of the molecule is CCNCc1ncn(Cc2ccc(Br)cc2)n1. The molecule has 0 fully saturated rings. The maximum absolute atomic E-state index is 4.40. The number of aromatic nitrogens is 3. The van der Waals surface area contributed by atoms with Crippen LogP contribution in [0, 0.1) is 0 Å². The molecule has 0 saturated carbocycles. The average molecular weight is 295 g/mol. The van der Waals surface area contributed by atoms with Crippen LogP contribution in [0.15, 0.2) is 35.1 Å². The molecule has 5 heteroatoms. The lowest BCUT2D eigenvalue weighted by Gasteiger charge is -2.01. The van der Waals surface area contributed by atoms with Gasteiger partial charge in [0.1, 0.15) is 6.33 Å². The Kier molecular flexibility index (Phi) is 4.28. The molecule has 1 aromatic heterocycles. The Morgan fingerprint density at radius 2 is 2.06 bits per heavy atom. The lowest BCUT2D eigenvalue weighted by molar-refractivity contribution is 0.643. The van der Waals surface area contributed by atoms with Crippen LogP contribution in [0.1, 0.15) is 18.3 Å². The van der Waals surface area contributed by atoms with E-state index in [9.17, 15) is 0 Å². The lowest BCUT2D eigenvalue weighted by Crippen LogP contribution is -2.13. The van der Waals surface area contributed by atoms with Crippen molar-refractivity contribution in [2.75, 3.05) is 6.54 Å². The lowest BCUT2D eigenvalue weighted by atomic mass is 10.2. The van der Waals surface area contributed by atoms with E-state index in [-0.39, 0.29) is 0 Å². The molecule has 17 heavy (non-hydrogen) atoms. The summed E-state index contributed by atoms with van der Waals surface area (Å²) in [5, 5.41) is 7.60. The van der Waals surface area contributed by atoms with Crippen LogP contribution >= 0.6 is 15.9 Å². The molecule has 0 aliphatic heterocycles. The standard InChI is InChI=1S/C12H15BrN4/c1-2-14-7-12-15-9-17(16-12)8-10-3-5-11(13)6-4-10/h3-6,9,14H,2,7-8H2,1H3. The Bertz CT molecular complexity index is 464. The van der Waals surface area contributed by atoms with Gasteiger partial charge in [0.25, 0.3) is 0 Å². The first-order valence-electron chi connectivity index (χ1n) is 5.61. The number of nitrogens with zero attached hydrogens (tertiary/aromatic N) is 3. The van der Waals surface area contributed by atoms with E-state index in [1.165, 1.54) is 5.56 Å². The fraction of sp³-hybridized carbons (Fsp3) is 0.333. The van der Waals surface area contributed by atoms with Gasteiger partial charge in [-0.25, -0.2) is 9.67 Å². The monoisotopic (exact) mass is 294 g/mol. The molecular weight excluding hydrogens is 280 g/mol. The van der Waals surface area contributed by atoms with E-state index >= 15 is 0 Å². The Balaban J connectivity index is 1.98. The summed E-state index contributed by atoms with van der Waals surface area (Å²) >= 11 is 3.42. The predicted molar refractivity (Wildman–Crippen MR) is 70.6 cm³/mol. The second-order valence-electron chi connectivity index (χ2n) is 3.77. The van der Waals surface area contributed by atoms with Gasteiger partial charge in [0.15, 0.2) is 5.82 Å². The van der Waals surface area contributed by atoms with E-state index in [2.05, 4.69) is 50.4 Å². The third-order valence-electron chi connectivity index (χ3n) is 2.37. The number of hydrogen-bond donors (Lipinski definition) is 1. The fourth-order valence-corrected chi connectivity index (χ4v) is 1.77. The van der Waals surface area contributed by atoms with Gasteiger partial charge in [0, 0.05) is 4.47 Å². The first-order chi connectivity index (χ1) is 8.28. The largest absolute Gasteiger partial charge is 0.310 e. The molecule has 0 aliphatic carbocycles. The Morgan fingerprint density at radius 1 is 1.29 bits per heavy atom. The molecule has 1 N–H and O–H groups in total. The molecule has 1 aromatic carbocycles. The van der Waals surface area contributed by atoms with Crippen molar-refractivity contribution in [2.24, 2.45) is 0 Å². The van der Waals surface area contributed by atoms with E-state index in [4.69, 9.17) is 0 Å². The maximum Gasteiger partial charge on any atom is 0.164 e. The molecule has 0 spiro atoms. The van der Waals surface area contributed by atoms with Crippen LogP contribution in [-0.2, 0) is 13.1 Å². The summed E-state index contributed by atoms with van der Waals surface area (Å²) in [5.74, 6) is 0.837. The maximum atomic E-state index is 4.40. The third-order valence-corrected chi connectivity index (χ3v) is 2.90. The molecule has 2 aromatic rings. The molecule has 0 unspecified atom stereocenters. The number of benzene rings is 1. The van der Waals surface area contributed by atoms with Crippen LogP contribution in [0.5, 0.6) is 0 Å². The number of rotatable bonds is 5. The summed E-state index contributed by atoms with van der Waals surface area (Å²) < 4.78 is 2.95. The highest BCUT2D eigenvalue weighted by atomic mass is 79.9. The molecule has 0 radical (unpaired) electrons. The summed E-state index contributed by atoms with van der Waals surface area (Å²) in [6.45, 7) is 4.48. The van der Waals surface area contributed by atoms with Crippen molar-refractivity contribution in [2.45, 2.75) is 20.0 Å². The molecule has 0 saturated heterocycles. The van der Waals surface area contributed by atoms with Gasteiger partial charge in [-0.2, -0.15) is 5.10 Å². The van der Waals surface area contributed by atoms with Crippen molar-refractivity contribution in [1.29, 1.82) is 0 Å². The first-order valence-corrected chi connectivity index (χ1v) is 6.40. The Labute approximate surface area is 109 Å². The van der Waals surface area contributed by atoms with Crippen LogP contribution in [0.4, 0.5) is 0 Å². The number of hydrogen-bond acceptors (Lipinski definition) is 3. The van der Waals surface area contributed by atoms with Gasteiger partial charge in [-0.05, 0) is 24.2 Å². The normalized spacial score (nSPS) is 10.7. The molecular formula is C12H15BrN4. The van der Waals surface area contributed by atoms with E-state index in [0.29, 0.717) is 0 Å². The van der Waals surface area contributed by atoms with Crippen LogP contribution in [0.3, 0.4) is 0 Å². The topological polar surface area (TPSA) is 42.7 Å². The highest BCUT2D eigenvalue weighted by Crippen LogP contribution is 2.11. The predicted octanol–water partition coefficient (Wildman–Crippen LogP) is 2.20. The highest BCUT2D eigenvalue weighted by Gasteiger charge is 2.00. The van der Waals surface area contributed by atoms with Gasteiger partial charge in [-0.3, -0.25) is 0 Å². The first kappa shape index (κ1) is 12.3. The molecule has 4 nitrogen and oxygen atoms in total. The van der Waals surface area contributed by atoms with Crippen molar-refractivity contribution in [1.82, 2.24) is 20.1 Å². The Morgan fingerprint density at radius 3 is 2.76 bits per heavy atom. The number of nitrogens with one attached hydrogen (secondary N) is 1. The van der Waals surface area contributed by atoms with Gasteiger partial charge >= 0.3 is 0 Å². The summed E-state index contributed by atoms with van der Waals surface area (Å²) in [5.41, 5.74) is 1.22. The third kappa shape index (κ3) is 3.64. The van der Waals surface area contributed by atoms with Crippen molar-refractivity contribution in [3.8, 4) is 0 Å². The van der Waals surface area contributed by atoms with Gasteiger partial charge in [0.05, 0.1) is 13.1 Å². The van der Waals surface area contributed by atoms with Crippen LogP contribution in [-0.4, -0.2) is 21.3 Å². The average Bonchev–Trinajstić information content (AvgIpc) is 2.77. The minimum Gasteiger partial charge on any atom is -0.310 e. The molecule has 0 aliphatic rings. The molecule has 0 bridgehead atoms. The zero-order valence-electron chi connectivity index (χ0n) is 9.73. The van der Waals surface area contributed by atoms with Crippen molar-refractivity contribution in [3.05, 3.63) is 46.5 Å². The molecule has 1 heterocycles. The minimum absolute atomic E-state index is 0.726. The molecule has 0 atom stereocenters. The van der Waals surface area contributed by atoms with Gasteiger partial charge in [0.2, 0.25) is 0 Å². The van der Waals surface area contributed by atoms with E-state index in [1.807, 2.05) is 16.8 Å². The molecule has 90 valence electrons. The van der Waals surface area contributed by atoms with Gasteiger partial charge in [-0.1, -0.05) is 35.0 Å². The highest BCUT2D eigenvalue weighted by molar-refractivity contribution is 9.10. The van der Waals surface area contributed by atoms with Crippen molar-refractivity contribution < 1.29 is 0 Å². The van der Waals surface area contributed by atoms with Gasteiger partial charge in [-0.15, -0.1) is 0 Å². The van der Waals surface area contributed by atoms with Gasteiger partial charge < -0.3 is 5.32 Å². The second kappa shape index (κ2) is 5.93.